The van der Waals surface area contributed by atoms with E-state index in [1.165, 1.54) is 23.6 Å². The summed E-state index contributed by atoms with van der Waals surface area (Å²) in [4.78, 5) is 49.8. The van der Waals surface area contributed by atoms with E-state index >= 15 is 0 Å². The smallest absolute Gasteiger partial charge is 0.332 e. The second kappa shape index (κ2) is 9.94. The van der Waals surface area contributed by atoms with Crippen molar-refractivity contribution in [2.45, 2.75) is 26.9 Å². The molecule has 0 aliphatic carbocycles. The van der Waals surface area contributed by atoms with E-state index in [2.05, 4.69) is 10.6 Å². The van der Waals surface area contributed by atoms with Crippen LogP contribution in [0.15, 0.2) is 58.1 Å². The summed E-state index contributed by atoms with van der Waals surface area (Å²) in [5.74, 6) is -1.93. The Hall–Kier alpha value is -4.21. The minimum absolute atomic E-state index is 0.0517. The largest absolute Gasteiger partial charge is 0.384 e. The number of nitrogens with one attached hydrogen (secondary N) is 2. The lowest BCUT2D eigenvalue weighted by molar-refractivity contribution is -0.114. The number of hydrogen-bond acceptors (Lipinski definition) is 6. The summed E-state index contributed by atoms with van der Waals surface area (Å²) in [6.07, 6.45) is 0. The van der Waals surface area contributed by atoms with E-state index in [-0.39, 0.29) is 36.7 Å². The standard InChI is InChI=1S/C23H24FN5O4/c1-3-28-22(32)20(21(25)29(23(28)33)13-15-7-5-4-6-8-15)19(31)12-26-16-9-10-17(24)18(11-16)27-14(2)30/h4-11,26H,3,12-13,25H2,1-2H3,(H,27,30). The van der Waals surface area contributed by atoms with Crippen LogP contribution in [0, 0.1) is 5.82 Å². The summed E-state index contributed by atoms with van der Waals surface area (Å²) < 4.78 is 16.0. The number of Topliss-reactive ketones (excluding diaryl/α,β-unsaturated/α-hetero) is 1. The first-order valence-electron chi connectivity index (χ1n) is 10.2. The molecular formula is C23H24FN5O4. The van der Waals surface area contributed by atoms with Gasteiger partial charge < -0.3 is 16.4 Å². The number of carbonyl (C=O) groups is 2. The van der Waals surface area contributed by atoms with Crippen molar-refractivity contribution in [1.82, 2.24) is 9.13 Å². The lowest BCUT2D eigenvalue weighted by Gasteiger charge is -2.16. The average Bonchev–Trinajstić information content (AvgIpc) is 2.78. The Kier molecular flexibility index (Phi) is 7.07. The second-order valence-electron chi connectivity index (χ2n) is 7.32. The Morgan fingerprint density at radius 3 is 2.39 bits per heavy atom. The van der Waals surface area contributed by atoms with Gasteiger partial charge in [-0.1, -0.05) is 30.3 Å². The molecule has 1 heterocycles. The van der Waals surface area contributed by atoms with Crippen molar-refractivity contribution in [3.05, 3.63) is 86.3 Å². The van der Waals surface area contributed by atoms with E-state index in [0.717, 1.165) is 16.2 Å². The van der Waals surface area contributed by atoms with Gasteiger partial charge in [0.25, 0.3) is 5.56 Å². The molecule has 10 heteroatoms. The quantitative estimate of drug-likeness (QED) is 0.448. The lowest BCUT2D eigenvalue weighted by atomic mass is 10.1. The summed E-state index contributed by atoms with van der Waals surface area (Å²) in [5, 5.41) is 5.15. The normalized spacial score (nSPS) is 10.6. The fourth-order valence-corrected chi connectivity index (χ4v) is 3.37. The minimum atomic E-state index is -0.769. The van der Waals surface area contributed by atoms with Crippen LogP contribution >= 0.6 is 0 Å². The van der Waals surface area contributed by atoms with Crippen LogP contribution in [0.25, 0.3) is 0 Å². The predicted octanol–water partition coefficient (Wildman–Crippen LogP) is 2.05. The predicted molar refractivity (Wildman–Crippen MR) is 124 cm³/mol. The van der Waals surface area contributed by atoms with E-state index in [4.69, 9.17) is 5.73 Å². The van der Waals surface area contributed by atoms with Crippen LogP contribution in [0.3, 0.4) is 0 Å². The zero-order valence-corrected chi connectivity index (χ0v) is 18.2. The van der Waals surface area contributed by atoms with E-state index in [1.54, 1.807) is 31.2 Å². The molecule has 3 aromatic rings. The Labute approximate surface area is 188 Å². The molecular weight excluding hydrogens is 429 g/mol. The maximum absolute atomic E-state index is 13.8. The molecule has 1 aromatic heterocycles. The molecule has 172 valence electrons. The topological polar surface area (TPSA) is 128 Å². The van der Waals surface area contributed by atoms with Gasteiger partial charge in [0.05, 0.1) is 18.8 Å². The average molecular weight is 453 g/mol. The molecule has 0 spiro atoms. The molecule has 9 nitrogen and oxygen atoms in total. The van der Waals surface area contributed by atoms with Gasteiger partial charge in [-0.2, -0.15) is 0 Å². The van der Waals surface area contributed by atoms with Crippen LogP contribution in [0.2, 0.25) is 0 Å². The van der Waals surface area contributed by atoms with Gasteiger partial charge >= 0.3 is 5.69 Å². The van der Waals surface area contributed by atoms with Crippen molar-refractivity contribution < 1.29 is 14.0 Å². The molecule has 0 saturated carbocycles. The molecule has 0 radical (unpaired) electrons. The second-order valence-corrected chi connectivity index (χ2v) is 7.32. The van der Waals surface area contributed by atoms with Crippen LogP contribution in [0.4, 0.5) is 21.6 Å². The van der Waals surface area contributed by atoms with Gasteiger partial charge in [-0.25, -0.2) is 9.18 Å². The molecule has 0 atom stereocenters. The van der Waals surface area contributed by atoms with Gasteiger partial charge in [0.2, 0.25) is 5.91 Å². The number of nitrogen functional groups attached to an aromatic ring is 1. The molecule has 0 fully saturated rings. The summed E-state index contributed by atoms with van der Waals surface area (Å²) >= 11 is 0. The molecule has 0 bridgehead atoms. The number of nitrogens with zero attached hydrogens (tertiary/aromatic N) is 2. The van der Waals surface area contributed by atoms with E-state index in [1.807, 2.05) is 6.07 Å². The number of carbonyl (C=O) groups excluding carboxylic acids is 2. The van der Waals surface area contributed by atoms with Crippen LogP contribution in [-0.2, 0) is 17.9 Å². The zero-order valence-electron chi connectivity index (χ0n) is 18.2. The molecule has 33 heavy (non-hydrogen) atoms. The number of nitrogens with two attached hydrogens (primary N) is 1. The van der Waals surface area contributed by atoms with Gasteiger partial charge in [0.15, 0.2) is 5.78 Å². The van der Waals surface area contributed by atoms with Crippen LogP contribution in [0.5, 0.6) is 0 Å². The highest BCUT2D eigenvalue weighted by Crippen LogP contribution is 2.20. The molecule has 0 aliphatic rings. The number of aromatic nitrogens is 2. The first-order chi connectivity index (χ1) is 15.7. The van der Waals surface area contributed by atoms with Gasteiger partial charge in [-0.3, -0.25) is 23.5 Å². The maximum atomic E-state index is 13.8. The van der Waals surface area contributed by atoms with Crippen molar-refractivity contribution in [3.63, 3.8) is 0 Å². The number of anilines is 3. The molecule has 3 rings (SSSR count). The molecule has 2 aromatic carbocycles. The maximum Gasteiger partial charge on any atom is 0.332 e. The fourth-order valence-electron chi connectivity index (χ4n) is 3.37. The lowest BCUT2D eigenvalue weighted by Crippen LogP contribution is -2.44. The fraction of sp³-hybridized carbons (Fsp3) is 0.217. The summed E-state index contributed by atoms with van der Waals surface area (Å²) in [6.45, 7) is 2.70. The van der Waals surface area contributed by atoms with Gasteiger partial charge in [0.1, 0.15) is 17.2 Å². The highest BCUT2D eigenvalue weighted by molar-refractivity contribution is 6.02. The SMILES string of the molecule is CCn1c(=O)c(C(=O)CNc2ccc(F)c(NC(C)=O)c2)c(N)n(Cc2ccccc2)c1=O. The molecule has 1 amide bonds. The first-order valence-corrected chi connectivity index (χ1v) is 10.2. The van der Waals surface area contributed by atoms with Crippen LogP contribution in [-0.4, -0.2) is 27.4 Å². The highest BCUT2D eigenvalue weighted by atomic mass is 19.1. The van der Waals surface area contributed by atoms with E-state index < -0.39 is 28.8 Å². The summed E-state index contributed by atoms with van der Waals surface area (Å²) in [6, 6.07) is 12.9. The van der Waals surface area contributed by atoms with Gasteiger partial charge in [-0.05, 0) is 30.7 Å². The third-order valence-corrected chi connectivity index (χ3v) is 4.98. The Morgan fingerprint density at radius 2 is 1.76 bits per heavy atom. The third kappa shape index (κ3) is 5.17. The number of hydrogen-bond donors (Lipinski definition) is 3. The first kappa shape index (κ1) is 23.5. The molecule has 0 unspecified atom stereocenters. The zero-order chi connectivity index (χ0) is 24.1. The van der Waals surface area contributed by atoms with Gasteiger partial charge in [0, 0.05) is 19.2 Å². The molecule has 0 saturated heterocycles. The van der Waals surface area contributed by atoms with E-state index in [0.29, 0.717) is 5.69 Å². The number of rotatable bonds is 8. The Morgan fingerprint density at radius 1 is 1.06 bits per heavy atom. The number of ketones is 1. The van der Waals surface area contributed by atoms with Crippen molar-refractivity contribution in [2.24, 2.45) is 0 Å². The highest BCUT2D eigenvalue weighted by Gasteiger charge is 2.22. The van der Waals surface area contributed by atoms with Crippen molar-refractivity contribution in [1.29, 1.82) is 0 Å². The van der Waals surface area contributed by atoms with Crippen molar-refractivity contribution in [3.8, 4) is 0 Å². The number of benzene rings is 2. The minimum Gasteiger partial charge on any atom is -0.384 e. The van der Waals surface area contributed by atoms with Gasteiger partial charge in [-0.15, -0.1) is 0 Å². The number of amides is 1. The number of halogens is 1. The third-order valence-electron chi connectivity index (χ3n) is 4.98. The van der Waals surface area contributed by atoms with Crippen LogP contribution < -0.4 is 27.6 Å². The van der Waals surface area contributed by atoms with Crippen LogP contribution in [0.1, 0.15) is 29.8 Å². The summed E-state index contributed by atoms with van der Waals surface area (Å²) in [7, 11) is 0. The Balaban J connectivity index is 1.93. The van der Waals surface area contributed by atoms with Crippen molar-refractivity contribution >= 4 is 28.9 Å². The Bertz CT molecular complexity index is 1310. The van der Waals surface area contributed by atoms with E-state index in [9.17, 15) is 23.6 Å². The molecule has 4 N–H and O–H groups in total. The monoisotopic (exact) mass is 453 g/mol. The molecule has 0 aliphatic heterocycles. The van der Waals surface area contributed by atoms with Crippen molar-refractivity contribution in [2.75, 3.05) is 22.9 Å². The summed E-state index contributed by atoms with van der Waals surface area (Å²) in [5.41, 5.74) is 5.53.